The average molecular weight is 200 g/mol. The Morgan fingerprint density at radius 2 is 2.40 bits per heavy atom. The minimum atomic E-state index is 0.400. The van der Waals surface area contributed by atoms with Crippen LogP contribution in [0.2, 0.25) is 0 Å². The van der Waals surface area contributed by atoms with Gasteiger partial charge in [-0.05, 0) is 38.0 Å². The predicted octanol–water partition coefficient (Wildman–Crippen LogP) is 3.32. The molecule has 0 spiro atoms. The molecule has 2 heteroatoms. The van der Waals surface area contributed by atoms with Gasteiger partial charge in [-0.25, -0.2) is 0 Å². The summed E-state index contributed by atoms with van der Waals surface area (Å²) in [5, 5.41) is 12.1. The molecule has 0 amide bonds. The molecule has 0 radical (unpaired) electrons. The van der Waals surface area contributed by atoms with E-state index in [2.05, 4.69) is 24.9 Å². The third-order valence-corrected chi connectivity index (χ3v) is 2.21. The van der Waals surface area contributed by atoms with Gasteiger partial charge in [-0.15, -0.1) is 6.58 Å². The number of rotatable bonds is 5. The third-order valence-electron chi connectivity index (χ3n) is 2.21. The molecule has 1 aromatic rings. The lowest BCUT2D eigenvalue weighted by Crippen LogP contribution is -2.14. The van der Waals surface area contributed by atoms with Gasteiger partial charge in [0, 0.05) is 11.7 Å². The van der Waals surface area contributed by atoms with E-state index in [-0.39, 0.29) is 0 Å². The molecule has 0 aliphatic carbocycles. The average Bonchev–Trinajstić information content (AvgIpc) is 2.26. The number of nitrogens with zero attached hydrogens (tertiary/aromatic N) is 1. The summed E-state index contributed by atoms with van der Waals surface area (Å²) in [4.78, 5) is 0. The van der Waals surface area contributed by atoms with Gasteiger partial charge in [0.05, 0.1) is 11.6 Å². The number of hydrogen-bond acceptors (Lipinski definition) is 2. The van der Waals surface area contributed by atoms with Gasteiger partial charge in [-0.1, -0.05) is 12.1 Å². The van der Waals surface area contributed by atoms with E-state index in [1.54, 1.807) is 6.07 Å². The molecule has 0 saturated carbocycles. The van der Waals surface area contributed by atoms with Gasteiger partial charge in [0.1, 0.15) is 0 Å². The van der Waals surface area contributed by atoms with Crippen LogP contribution in [0.25, 0.3) is 0 Å². The first-order valence-corrected chi connectivity index (χ1v) is 5.14. The van der Waals surface area contributed by atoms with E-state index in [0.29, 0.717) is 11.6 Å². The smallest absolute Gasteiger partial charge is 0.0992 e. The molecule has 0 aromatic heterocycles. The largest absolute Gasteiger partial charge is 0.383 e. The minimum Gasteiger partial charge on any atom is -0.383 e. The summed E-state index contributed by atoms with van der Waals surface area (Å²) in [5.74, 6) is 0. The van der Waals surface area contributed by atoms with Crippen LogP contribution in [0.4, 0.5) is 5.69 Å². The van der Waals surface area contributed by atoms with Crippen molar-refractivity contribution < 1.29 is 0 Å². The Bertz CT molecular complexity index is 363. The van der Waals surface area contributed by atoms with Crippen molar-refractivity contribution in [3.05, 3.63) is 42.5 Å². The van der Waals surface area contributed by atoms with E-state index in [0.717, 1.165) is 18.5 Å². The topological polar surface area (TPSA) is 35.8 Å². The van der Waals surface area contributed by atoms with E-state index in [1.807, 2.05) is 24.3 Å². The Morgan fingerprint density at radius 1 is 1.60 bits per heavy atom. The number of anilines is 1. The number of nitrogens with one attached hydrogen (secondary N) is 1. The molecule has 1 N–H and O–H groups in total. The van der Waals surface area contributed by atoms with E-state index < -0.39 is 0 Å². The van der Waals surface area contributed by atoms with E-state index in [4.69, 9.17) is 5.26 Å². The molecule has 1 atom stereocenters. The monoisotopic (exact) mass is 200 g/mol. The Labute approximate surface area is 91.2 Å². The second kappa shape index (κ2) is 5.87. The highest BCUT2D eigenvalue weighted by molar-refractivity contribution is 5.49. The molecular formula is C13H16N2. The van der Waals surface area contributed by atoms with Crippen LogP contribution < -0.4 is 5.32 Å². The summed E-state index contributed by atoms with van der Waals surface area (Å²) in [6.07, 6.45) is 3.98. The molecule has 0 heterocycles. The molecule has 1 aromatic carbocycles. The number of hydrogen-bond donors (Lipinski definition) is 1. The minimum absolute atomic E-state index is 0.400. The van der Waals surface area contributed by atoms with Crippen molar-refractivity contribution in [3.63, 3.8) is 0 Å². The Morgan fingerprint density at radius 3 is 3.07 bits per heavy atom. The lowest BCUT2D eigenvalue weighted by atomic mass is 10.1. The summed E-state index contributed by atoms with van der Waals surface area (Å²) in [7, 11) is 0. The first-order valence-electron chi connectivity index (χ1n) is 5.14. The van der Waals surface area contributed by atoms with Gasteiger partial charge in [-0.2, -0.15) is 5.26 Å². The summed E-state index contributed by atoms with van der Waals surface area (Å²) in [5.41, 5.74) is 1.70. The zero-order valence-electron chi connectivity index (χ0n) is 9.03. The van der Waals surface area contributed by atoms with Crippen molar-refractivity contribution in [1.82, 2.24) is 0 Å². The second-order valence-electron chi connectivity index (χ2n) is 3.60. The Balaban J connectivity index is 2.56. The van der Waals surface area contributed by atoms with Crippen LogP contribution in [0.1, 0.15) is 25.3 Å². The number of nitriles is 1. The van der Waals surface area contributed by atoms with Crippen LogP contribution in [0, 0.1) is 11.3 Å². The van der Waals surface area contributed by atoms with Gasteiger partial charge in [0.25, 0.3) is 0 Å². The SMILES string of the molecule is C=CCCC(C)Nc1cccc(C#N)c1. The molecule has 0 aliphatic heterocycles. The molecule has 2 nitrogen and oxygen atoms in total. The number of benzene rings is 1. The van der Waals surface area contributed by atoms with E-state index in [9.17, 15) is 0 Å². The zero-order chi connectivity index (χ0) is 11.1. The fourth-order valence-electron chi connectivity index (χ4n) is 1.40. The molecule has 0 saturated heterocycles. The molecule has 0 aliphatic rings. The molecule has 15 heavy (non-hydrogen) atoms. The van der Waals surface area contributed by atoms with Crippen LogP contribution >= 0.6 is 0 Å². The summed E-state index contributed by atoms with van der Waals surface area (Å²) in [6.45, 7) is 5.82. The van der Waals surface area contributed by atoms with Crippen molar-refractivity contribution >= 4 is 5.69 Å². The summed E-state index contributed by atoms with van der Waals surface area (Å²) >= 11 is 0. The van der Waals surface area contributed by atoms with E-state index >= 15 is 0 Å². The van der Waals surface area contributed by atoms with Crippen molar-refractivity contribution in [2.24, 2.45) is 0 Å². The summed E-state index contributed by atoms with van der Waals surface area (Å²) in [6, 6.07) is 10.1. The predicted molar refractivity (Wildman–Crippen MR) is 63.7 cm³/mol. The van der Waals surface area contributed by atoms with Gasteiger partial charge >= 0.3 is 0 Å². The maximum atomic E-state index is 8.75. The zero-order valence-corrected chi connectivity index (χ0v) is 9.03. The highest BCUT2D eigenvalue weighted by Crippen LogP contribution is 2.12. The first-order chi connectivity index (χ1) is 7.26. The van der Waals surface area contributed by atoms with Crippen LogP contribution in [-0.4, -0.2) is 6.04 Å². The first kappa shape index (κ1) is 11.3. The van der Waals surface area contributed by atoms with Crippen molar-refractivity contribution in [3.8, 4) is 6.07 Å². The Hall–Kier alpha value is -1.75. The van der Waals surface area contributed by atoms with E-state index in [1.165, 1.54) is 0 Å². The maximum absolute atomic E-state index is 8.75. The molecule has 0 bridgehead atoms. The summed E-state index contributed by atoms with van der Waals surface area (Å²) < 4.78 is 0. The number of allylic oxidation sites excluding steroid dienone is 1. The standard InChI is InChI=1S/C13H16N2/c1-3-4-6-11(2)15-13-8-5-7-12(9-13)10-14/h3,5,7-9,11,15H,1,4,6H2,2H3. The molecule has 78 valence electrons. The van der Waals surface area contributed by atoms with Crippen molar-refractivity contribution in [1.29, 1.82) is 5.26 Å². The molecule has 1 rings (SSSR count). The van der Waals surface area contributed by atoms with Crippen LogP contribution in [0.3, 0.4) is 0 Å². The van der Waals surface area contributed by atoms with Crippen molar-refractivity contribution in [2.75, 3.05) is 5.32 Å². The van der Waals surface area contributed by atoms with Gasteiger partial charge in [0.15, 0.2) is 0 Å². The molecule has 1 unspecified atom stereocenters. The fourth-order valence-corrected chi connectivity index (χ4v) is 1.40. The third kappa shape index (κ3) is 3.86. The van der Waals surface area contributed by atoms with Gasteiger partial charge < -0.3 is 5.32 Å². The fraction of sp³-hybridized carbons (Fsp3) is 0.308. The van der Waals surface area contributed by atoms with Crippen LogP contribution in [-0.2, 0) is 0 Å². The van der Waals surface area contributed by atoms with Gasteiger partial charge in [-0.3, -0.25) is 0 Å². The maximum Gasteiger partial charge on any atom is 0.0992 e. The normalized spacial score (nSPS) is 11.5. The molecule has 0 fully saturated rings. The lowest BCUT2D eigenvalue weighted by Gasteiger charge is -2.14. The van der Waals surface area contributed by atoms with Crippen LogP contribution in [0.15, 0.2) is 36.9 Å². The second-order valence-corrected chi connectivity index (χ2v) is 3.60. The van der Waals surface area contributed by atoms with Gasteiger partial charge in [0.2, 0.25) is 0 Å². The van der Waals surface area contributed by atoms with Crippen LogP contribution in [0.5, 0.6) is 0 Å². The van der Waals surface area contributed by atoms with Crippen molar-refractivity contribution in [2.45, 2.75) is 25.8 Å². The quantitative estimate of drug-likeness (QED) is 0.740. The molecular weight excluding hydrogens is 184 g/mol. The lowest BCUT2D eigenvalue weighted by molar-refractivity contribution is 0.719. The highest BCUT2D eigenvalue weighted by Gasteiger charge is 2.00. The Kier molecular flexibility index (Phi) is 4.43. The highest BCUT2D eigenvalue weighted by atomic mass is 14.9.